The molecule has 2 aliphatic rings. The van der Waals surface area contributed by atoms with E-state index in [4.69, 9.17) is 22.1 Å². The van der Waals surface area contributed by atoms with Crippen LogP contribution in [0.25, 0.3) is 0 Å². The number of ether oxygens (including phenoxy) is 1. The van der Waals surface area contributed by atoms with Crippen molar-refractivity contribution in [3.63, 3.8) is 0 Å². The Bertz CT molecular complexity index is 607. The maximum absolute atomic E-state index is 12.7. The molecule has 1 aromatic carbocycles. The molecule has 5 radical (unpaired) electrons. The van der Waals surface area contributed by atoms with E-state index in [-0.39, 0.29) is 26.9 Å². The minimum atomic E-state index is -0.120. The summed E-state index contributed by atoms with van der Waals surface area (Å²) in [6.07, 6.45) is 12.7. The lowest BCUT2D eigenvalue weighted by Crippen LogP contribution is -2.32. The maximum Gasteiger partial charge on any atom is 0.252 e. The molecule has 0 heterocycles. The van der Waals surface area contributed by atoms with Crippen LogP contribution in [-0.4, -0.2) is 24.6 Å². The van der Waals surface area contributed by atoms with Gasteiger partial charge in [0.15, 0.2) is 0 Å². The molecule has 0 atom stereocenters. The molecule has 0 saturated heterocycles. The van der Waals surface area contributed by atoms with Gasteiger partial charge in [0.1, 0.15) is 5.75 Å². The van der Waals surface area contributed by atoms with E-state index < -0.39 is 0 Å². The van der Waals surface area contributed by atoms with Crippen LogP contribution in [0.2, 0.25) is 5.02 Å². The van der Waals surface area contributed by atoms with Crippen molar-refractivity contribution in [2.24, 2.45) is 5.73 Å². The molecule has 0 unspecified atom stereocenters. The van der Waals surface area contributed by atoms with Crippen LogP contribution >= 0.6 is 11.6 Å². The SMILES string of the molecule is NC1CCC(Oc2ccc(Cl)c(C(=O)NC[C]3CCCCCCC3)c2)CC1.[CH2].[CH2]. The molecule has 0 bridgehead atoms. The summed E-state index contributed by atoms with van der Waals surface area (Å²) >= 11 is 6.28. The zero-order valence-electron chi connectivity index (χ0n) is 17.6. The fourth-order valence-electron chi connectivity index (χ4n) is 4.03. The number of nitrogens with two attached hydrogens (primary N) is 1. The van der Waals surface area contributed by atoms with Gasteiger partial charge in [-0.15, -0.1) is 0 Å². The van der Waals surface area contributed by atoms with E-state index in [1.54, 1.807) is 12.1 Å². The molecular weight excluding hydrogens is 384 g/mol. The van der Waals surface area contributed by atoms with E-state index in [9.17, 15) is 4.79 Å². The molecule has 161 valence electrons. The quantitative estimate of drug-likeness (QED) is 0.644. The second kappa shape index (κ2) is 13.1. The third-order valence-corrected chi connectivity index (χ3v) is 6.09. The third-order valence-electron chi connectivity index (χ3n) is 5.76. The van der Waals surface area contributed by atoms with Gasteiger partial charge in [-0.1, -0.05) is 58.6 Å². The van der Waals surface area contributed by atoms with E-state index in [0.29, 0.717) is 28.9 Å². The molecule has 2 saturated carbocycles. The fourth-order valence-corrected chi connectivity index (χ4v) is 4.24. The normalized spacial score (nSPS) is 23.0. The average molecular weight is 420 g/mol. The van der Waals surface area contributed by atoms with Crippen molar-refractivity contribution in [1.29, 1.82) is 0 Å². The molecule has 1 aromatic rings. The molecule has 2 fully saturated rings. The Kier molecular flexibility index (Phi) is 11.7. The van der Waals surface area contributed by atoms with Crippen LogP contribution in [0.15, 0.2) is 18.2 Å². The number of benzene rings is 1. The Morgan fingerprint density at radius 3 is 2.31 bits per heavy atom. The highest BCUT2D eigenvalue weighted by atomic mass is 35.5. The first-order valence-electron chi connectivity index (χ1n) is 10.5. The Labute approximate surface area is 182 Å². The van der Waals surface area contributed by atoms with Crippen molar-refractivity contribution in [2.45, 2.75) is 82.8 Å². The van der Waals surface area contributed by atoms with E-state index in [0.717, 1.165) is 38.5 Å². The first-order chi connectivity index (χ1) is 13.1. The van der Waals surface area contributed by atoms with Crippen LogP contribution in [0.1, 0.15) is 81.0 Å². The minimum absolute atomic E-state index is 0. The van der Waals surface area contributed by atoms with Gasteiger partial charge in [-0.05, 0) is 62.6 Å². The number of rotatable bonds is 5. The number of hydrogen-bond acceptors (Lipinski definition) is 3. The molecule has 3 rings (SSSR count). The van der Waals surface area contributed by atoms with Crippen molar-refractivity contribution < 1.29 is 9.53 Å². The smallest absolute Gasteiger partial charge is 0.252 e. The van der Waals surface area contributed by atoms with Crippen LogP contribution < -0.4 is 15.8 Å². The Hall–Kier alpha value is -1.26. The summed E-state index contributed by atoms with van der Waals surface area (Å²) in [6, 6.07) is 5.66. The number of carbonyl (C=O) groups is 1. The van der Waals surface area contributed by atoms with Crippen LogP contribution in [0.4, 0.5) is 0 Å². The second-order valence-electron chi connectivity index (χ2n) is 8.00. The monoisotopic (exact) mass is 419 g/mol. The van der Waals surface area contributed by atoms with Crippen LogP contribution in [0.5, 0.6) is 5.75 Å². The highest BCUT2D eigenvalue weighted by Gasteiger charge is 2.21. The molecule has 4 nitrogen and oxygen atoms in total. The zero-order chi connectivity index (χ0) is 19.1. The van der Waals surface area contributed by atoms with Gasteiger partial charge < -0.3 is 15.8 Å². The van der Waals surface area contributed by atoms with E-state index in [2.05, 4.69) is 5.32 Å². The van der Waals surface area contributed by atoms with Crippen LogP contribution in [-0.2, 0) is 0 Å². The number of amides is 1. The molecule has 3 N–H and O–H groups in total. The largest absolute Gasteiger partial charge is 0.490 e. The van der Waals surface area contributed by atoms with Crippen molar-refractivity contribution in [3.8, 4) is 5.75 Å². The Morgan fingerprint density at radius 1 is 1.03 bits per heavy atom. The van der Waals surface area contributed by atoms with Crippen LogP contribution in [0, 0.1) is 20.8 Å². The third kappa shape index (κ3) is 8.18. The van der Waals surface area contributed by atoms with Gasteiger partial charge in [0.2, 0.25) is 0 Å². The lowest BCUT2D eigenvalue weighted by molar-refractivity contribution is 0.0952. The highest BCUT2D eigenvalue weighted by molar-refractivity contribution is 6.33. The number of halogens is 1. The van der Waals surface area contributed by atoms with Crippen molar-refractivity contribution in [1.82, 2.24) is 5.32 Å². The van der Waals surface area contributed by atoms with Crippen molar-refractivity contribution in [2.75, 3.05) is 6.54 Å². The summed E-state index contributed by atoms with van der Waals surface area (Å²) in [5, 5.41) is 3.53. The molecule has 0 aromatic heterocycles. The predicted octanol–water partition coefficient (Wildman–Crippen LogP) is 5.69. The summed E-state index contributed by atoms with van der Waals surface area (Å²) < 4.78 is 6.07. The summed E-state index contributed by atoms with van der Waals surface area (Å²) in [7, 11) is 0. The van der Waals surface area contributed by atoms with E-state index >= 15 is 0 Å². The second-order valence-corrected chi connectivity index (χ2v) is 8.40. The first kappa shape index (κ1) is 25.8. The molecular formula is C24H36ClN2O2. The Balaban J connectivity index is 0.00000210. The molecule has 0 aliphatic heterocycles. The average Bonchev–Trinajstić information content (AvgIpc) is 2.64. The van der Waals surface area contributed by atoms with Crippen molar-refractivity contribution in [3.05, 3.63) is 49.6 Å². The maximum atomic E-state index is 12.7. The summed E-state index contributed by atoms with van der Waals surface area (Å²) in [5.41, 5.74) is 6.45. The Morgan fingerprint density at radius 2 is 1.66 bits per heavy atom. The molecule has 0 spiro atoms. The standard InChI is InChI=1S/C22H32ClN2O2.2CH2/c23-21-13-12-19(27-18-10-8-17(24)9-11-18)14-20(21)22(26)25-15-16-6-4-2-1-3-5-7-16;;/h12-14,17-18H,1-11,15,24H2,(H,25,26);2*1H2. The van der Waals surface area contributed by atoms with E-state index in [1.807, 2.05) is 6.07 Å². The van der Waals surface area contributed by atoms with Gasteiger partial charge in [-0.2, -0.15) is 0 Å². The molecule has 2 aliphatic carbocycles. The highest BCUT2D eigenvalue weighted by Crippen LogP contribution is 2.27. The topological polar surface area (TPSA) is 64.3 Å². The molecule has 5 heteroatoms. The van der Waals surface area contributed by atoms with Gasteiger partial charge in [-0.25, -0.2) is 0 Å². The molecule has 29 heavy (non-hydrogen) atoms. The fraction of sp³-hybridized carbons (Fsp3) is 0.583. The summed E-state index contributed by atoms with van der Waals surface area (Å²) in [6.45, 7) is 0.654. The van der Waals surface area contributed by atoms with Crippen LogP contribution in [0.3, 0.4) is 0 Å². The predicted molar refractivity (Wildman–Crippen MR) is 121 cm³/mol. The summed E-state index contributed by atoms with van der Waals surface area (Å²) in [4.78, 5) is 12.7. The van der Waals surface area contributed by atoms with Gasteiger partial charge in [-0.3, -0.25) is 4.79 Å². The van der Waals surface area contributed by atoms with E-state index in [1.165, 1.54) is 38.0 Å². The van der Waals surface area contributed by atoms with Crippen molar-refractivity contribution >= 4 is 17.5 Å². The zero-order valence-corrected chi connectivity index (χ0v) is 18.3. The van der Waals surface area contributed by atoms with Gasteiger partial charge in [0.25, 0.3) is 5.91 Å². The number of carbonyl (C=O) groups excluding carboxylic acids is 1. The minimum Gasteiger partial charge on any atom is -0.490 e. The number of hydrogen-bond donors (Lipinski definition) is 2. The summed E-state index contributed by atoms with van der Waals surface area (Å²) in [5.74, 6) is 2.04. The van der Waals surface area contributed by atoms with Gasteiger partial charge >= 0.3 is 0 Å². The lowest BCUT2D eigenvalue weighted by atomic mass is 9.91. The number of nitrogens with one attached hydrogen (secondary N) is 1. The van der Waals surface area contributed by atoms with Gasteiger partial charge in [0, 0.05) is 12.6 Å². The first-order valence-corrected chi connectivity index (χ1v) is 10.8. The van der Waals surface area contributed by atoms with Gasteiger partial charge in [0.05, 0.1) is 16.7 Å². The lowest BCUT2D eigenvalue weighted by Gasteiger charge is -2.27. The molecule has 1 amide bonds.